The zero-order valence-corrected chi connectivity index (χ0v) is 12.0. The molecule has 1 atom stereocenters. The number of carbonyl (C=O) groups excluding carboxylic acids is 1. The Morgan fingerprint density at radius 1 is 1.30 bits per heavy atom. The van der Waals surface area contributed by atoms with Crippen LogP contribution in [0.25, 0.3) is 0 Å². The molecule has 0 aromatic heterocycles. The van der Waals surface area contributed by atoms with Crippen molar-refractivity contribution in [2.24, 2.45) is 5.92 Å². The number of carbonyl (C=O) groups is 2. The maximum absolute atomic E-state index is 12.0. The lowest BCUT2D eigenvalue weighted by molar-refractivity contribution is -0.138. The van der Waals surface area contributed by atoms with Gasteiger partial charge in [0.2, 0.25) is 0 Å². The molecule has 2 rings (SSSR count). The smallest absolute Gasteiger partial charge is 0.317 e. The minimum atomic E-state index is -0.837. The Bertz CT molecular complexity index is 349. The van der Waals surface area contributed by atoms with Gasteiger partial charge in [0.15, 0.2) is 0 Å². The van der Waals surface area contributed by atoms with E-state index in [9.17, 15) is 9.59 Å². The van der Waals surface area contributed by atoms with Gasteiger partial charge in [-0.3, -0.25) is 4.79 Å². The van der Waals surface area contributed by atoms with Crippen molar-refractivity contribution in [3.63, 3.8) is 0 Å². The fourth-order valence-corrected chi connectivity index (χ4v) is 2.54. The summed E-state index contributed by atoms with van der Waals surface area (Å²) in [5.41, 5.74) is 0. The van der Waals surface area contributed by atoms with E-state index in [-0.39, 0.29) is 31.2 Å². The molecule has 1 unspecified atom stereocenters. The Labute approximate surface area is 119 Å². The van der Waals surface area contributed by atoms with Crippen molar-refractivity contribution < 1.29 is 19.4 Å². The molecule has 1 aliphatic heterocycles. The van der Waals surface area contributed by atoms with E-state index in [4.69, 9.17) is 9.84 Å². The summed E-state index contributed by atoms with van der Waals surface area (Å²) in [6.45, 7) is 3.68. The van der Waals surface area contributed by atoms with Crippen LogP contribution in [0.4, 0.5) is 4.79 Å². The molecule has 6 nitrogen and oxygen atoms in total. The number of nitrogens with zero attached hydrogens (tertiary/aromatic N) is 1. The van der Waals surface area contributed by atoms with E-state index in [1.807, 2.05) is 4.90 Å². The average Bonchev–Trinajstić information content (AvgIpc) is 3.23. The summed E-state index contributed by atoms with van der Waals surface area (Å²) in [7, 11) is 0. The SMILES string of the molecule is CC(NC(=O)N1CCC(OCCC(=O)O)CC1)C1CC1. The summed E-state index contributed by atoms with van der Waals surface area (Å²) in [5.74, 6) is -0.174. The largest absolute Gasteiger partial charge is 0.481 e. The van der Waals surface area contributed by atoms with Crippen LogP contribution >= 0.6 is 0 Å². The van der Waals surface area contributed by atoms with Gasteiger partial charge in [-0.25, -0.2) is 4.79 Å². The van der Waals surface area contributed by atoms with Gasteiger partial charge >= 0.3 is 12.0 Å². The molecule has 2 fully saturated rings. The molecule has 0 spiro atoms. The normalized spacial score (nSPS) is 21.6. The van der Waals surface area contributed by atoms with Crippen molar-refractivity contribution >= 4 is 12.0 Å². The molecule has 2 N–H and O–H groups in total. The fraction of sp³-hybridized carbons (Fsp3) is 0.857. The van der Waals surface area contributed by atoms with E-state index in [1.54, 1.807) is 0 Å². The average molecular weight is 284 g/mol. The number of rotatable bonds is 6. The highest BCUT2D eigenvalue weighted by Crippen LogP contribution is 2.32. The van der Waals surface area contributed by atoms with Crippen molar-refractivity contribution in [3.05, 3.63) is 0 Å². The number of carboxylic acids is 1. The Morgan fingerprint density at radius 2 is 1.95 bits per heavy atom. The number of piperidine rings is 1. The monoisotopic (exact) mass is 284 g/mol. The zero-order valence-electron chi connectivity index (χ0n) is 12.0. The van der Waals surface area contributed by atoms with Crippen LogP contribution in [0.1, 0.15) is 39.0 Å². The second-order valence-electron chi connectivity index (χ2n) is 5.78. The number of carboxylic acid groups (broad SMARTS) is 1. The number of likely N-dealkylation sites (tertiary alicyclic amines) is 1. The second-order valence-corrected chi connectivity index (χ2v) is 5.78. The molecule has 1 heterocycles. The third kappa shape index (κ3) is 4.67. The minimum Gasteiger partial charge on any atom is -0.481 e. The maximum Gasteiger partial charge on any atom is 0.317 e. The van der Waals surface area contributed by atoms with Crippen molar-refractivity contribution in [1.29, 1.82) is 0 Å². The van der Waals surface area contributed by atoms with Gasteiger partial charge in [0.05, 0.1) is 19.1 Å². The van der Waals surface area contributed by atoms with E-state index in [0.29, 0.717) is 19.0 Å². The summed E-state index contributed by atoms with van der Waals surface area (Å²) in [5, 5.41) is 11.6. The number of amides is 2. The van der Waals surface area contributed by atoms with Crippen molar-refractivity contribution in [2.45, 2.75) is 51.2 Å². The molecule has 0 bridgehead atoms. The van der Waals surface area contributed by atoms with Gasteiger partial charge in [-0.05, 0) is 38.5 Å². The summed E-state index contributed by atoms with van der Waals surface area (Å²) >= 11 is 0. The first kappa shape index (κ1) is 15.1. The highest BCUT2D eigenvalue weighted by atomic mass is 16.5. The number of hydrogen-bond donors (Lipinski definition) is 2. The maximum atomic E-state index is 12.0. The molecular weight excluding hydrogens is 260 g/mol. The van der Waals surface area contributed by atoms with Crippen LogP contribution in [0.2, 0.25) is 0 Å². The van der Waals surface area contributed by atoms with E-state index < -0.39 is 5.97 Å². The van der Waals surface area contributed by atoms with Crippen LogP contribution < -0.4 is 5.32 Å². The second kappa shape index (κ2) is 6.92. The topological polar surface area (TPSA) is 78.9 Å². The van der Waals surface area contributed by atoms with Crippen molar-refractivity contribution in [2.75, 3.05) is 19.7 Å². The predicted molar refractivity (Wildman–Crippen MR) is 73.5 cm³/mol. The lowest BCUT2D eigenvalue weighted by Crippen LogP contribution is -2.48. The molecule has 2 aliphatic rings. The van der Waals surface area contributed by atoms with Crippen LogP contribution in [0, 0.1) is 5.92 Å². The first-order valence-corrected chi connectivity index (χ1v) is 7.45. The van der Waals surface area contributed by atoms with Gasteiger partial charge in [0.1, 0.15) is 0 Å². The lowest BCUT2D eigenvalue weighted by Gasteiger charge is -2.32. The molecule has 1 saturated heterocycles. The number of aliphatic carboxylic acids is 1. The summed E-state index contributed by atoms with van der Waals surface area (Å²) in [6, 6.07) is 0.292. The van der Waals surface area contributed by atoms with Crippen LogP contribution in [-0.4, -0.2) is 53.8 Å². The number of nitrogens with one attached hydrogen (secondary N) is 1. The third-order valence-corrected chi connectivity index (χ3v) is 4.08. The number of urea groups is 1. The summed E-state index contributed by atoms with van der Waals surface area (Å²) in [4.78, 5) is 24.3. The summed E-state index contributed by atoms with van der Waals surface area (Å²) in [6.07, 6.45) is 4.14. The van der Waals surface area contributed by atoms with Gasteiger partial charge in [0, 0.05) is 19.1 Å². The third-order valence-electron chi connectivity index (χ3n) is 4.08. The molecular formula is C14H24N2O4. The first-order chi connectivity index (χ1) is 9.56. The molecule has 114 valence electrons. The molecule has 20 heavy (non-hydrogen) atoms. The van der Waals surface area contributed by atoms with Crippen LogP contribution in [0.5, 0.6) is 0 Å². The predicted octanol–water partition coefficient (Wildman–Crippen LogP) is 1.45. The Hall–Kier alpha value is -1.30. The van der Waals surface area contributed by atoms with Crippen LogP contribution in [0.15, 0.2) is 0 Å². The van der Waals surface area contributed by atoms with Crippen LogP contribution in [-0.2, 0) is 9.53 Å². The van der Waals surface area contributed by atoms with Crippen LogP contribution in [0.3, 0.4) is 0 Å². The van der Waals surface area contributed by atoms with Gasteiger partial charge in [-0.1, -0.05) is 0 Å². The zero-order chi connectivity index (χ0) is 14.5. The number of hydrogen-bond acceptors (Lipinski definition) is 3. The van der Waals surface area contributed by atoms with Crippen molar-refractivity contribution in [1.82, 2.24) is 10.2 Å². The standard InChI is InChI=1S/C14H24N2O4/c1-10(11-2-3-11)15-14(19)16-7-4-12(5-8-16)20-9-6-13(17)18/h10-12H,2-9H2,1H3,(H,15,19)(H,17,18). The molecule has 2 amide bonds. The van der Waals surface area contributed by atoms with Gasteiger partial charge in [0.25, 0.3) is 0 Å². The highest BCUT2D eigenvalue weighted by Gasteiger charge is 2.31. The van der Waals surface area contributed by atoms with E-state index in [0.717, 1.165) is 12.8 Å². The summed E-state index contributed by atoms with van der Waals surface area (Å²) < 4.78 is 5.51. The molecule has 0 aromatic carbocycles. The first-order valence-electron chi connectivity index (χ1n) is 7.45. The minimum absolute atomic E-state index is 0.0217. The molecule has 1 saturated carbocycles. The Balaban J connectivity index is 1.62. The van der Waals surface area contributed by atoms with Gasteiger partial charge in [-0.15, -0.1) is 0 Å². The Kier molecular flexibility index (Phi) is 5.23. The Morgan fingerprint density at radius 3 is 2.50 bits per heavy atom. The van der Waals surface area contributed by atoms with E-state index in [2.05, 4.69) is 12.2 Å². The van der Waals surface area contributed by atoms with Crippen molar-refractivity contribution in [3.8, 4) is 0 Å². The number of ether oxygens (including phenoxy) is 1. The quantitative estimate of drug-likeness (QED) is 0.774. The molecule has 6 heteroatoms. The lowest BCUT2D eigenvalue weighted by atomic mass is 10.1. The fourth-order valence-electron chi connectivity index (χ4n) is 2.54. The molecule has 0 aromatic rings. The van der Waals surface area contributed by atoms with Gasteiger partial charge < -0.3 is 20.1 Å². The molecule has 0 radical (unpaired) electrons. The van der Waals surface area contributed by atoms with E-state index >= 15 is 0 Å². The highest BCUT2D eigenvalue weighted by molar-refractivity contribution is 5.74. The van der Waals surface area contributed by atoms with E-state index in [1.165, 1.54) is 12.8 Å². The molecule has 1 aliphatic carbocycles. The van der Waals surface area contributed by atoms with Gasteiger partial charge in [-0.2, -0.15) is 0 Å².